The lowest BCUT2D eigenvalue weighted by atomic mass is 9.74. The molecule has 262 valence electrons. The summed E-state index contributed by atoms with van der Waals surface area (Å²) in [6.07, 6.45) is 0. The fraction of sp³-hybridized carbons (Fsp3) is 0.0943. The van der Waals surface area contributed by atoms with Crippen molar-refractivity contribution in [2.24, 2.45) is 0 Å². The van der Waals surface area contributed by atoms with Crippen LogP contribution in [0.1, 0.15) is 48.6 Å². The molecule has 1 aromatic heterocycles. The van der Waals surface area contributed by atoms with E-state index in [1.54, 1.807) is 0 Å². The first-order valence-electron chi connectivity index (χ1n) is 19.3. The standard InChI is InChI=1S/C53H39NO/c1-52(2)46-21-10-7-18-40(46)43-27-25-38(32-49(43)52)54(37-17-13-16-35(30-37)34-14-5-4-6-15-34)39-26-28-44-45-31-36(24-29-50(45)55-51(44)33-39)53(3)47-22-11-8-19-41(47)42-20-9-12-23-48(42)53/h4-33H,1-3H3. The second-order valence-electron chi connectivity index (χ2n) is 15.9. The second kappa shape index (κ2) is 11.7. The first kappa shape index (κ1) is 31.8. The van der Waals surface area contributed by atoms with Gasteiger partial charge in [0, 0.05) is 44.7 Å². The Morgan fingerprint density at radius 2 is 0.964 bits per heavy atom. The summed E-state index contributed by atoms with van der Waals surface area (Å²) in [5, 5.41) is 2.25. The predicted molar refractivity (Wildman–Crippen MR) is 229 cm³/mol. The van der Waals surface area contributed by atoms with E-state index in [-0.39, 0.29) is 10.8 Å². The summed E-state index contributed by atoms with van der Waals surface area (Å²) in [5.74, 6) is 0. The topological polar surface area (TPSA) is 16.4 Å². The van der Waals surface area contributed by atoms with Gasteiger partial charge in [-0.25, -0.2) is 0 Å². The summed E-state index contributed by atoms with van der Waals surface area (Å²) in [6, 6.07) is 66.6. The van der Waals surface area contributed by atoms with E-state index in [0.717, 1.165) is 39.0 Å². The molecule has 0 saturated carbocycles. The van der Waals surface area contributed by atoms with Crippen LogP contribution in [0.4, 0.5) is 17.1 Å². The van der Waals surface area contributed by atoms with Crippen LogP contribution in [0.3, 0.4) is 0 Å². The summed E-state index contributed by atoms with van der Waals surface area (Å²) in [7, 11) is 0. The van der Waals surface area contributed by atoms with Crippen LogP contribution >= 0.6 is 0 Å². The quantitative estimate of drug-likeness (QED) is 0.177. The Morgan fingerprint density at radius 1 is 0.382 bits per heavy atom. The summed E-state index contributed by atoms with van der Waals surface area (Å²) in [6.45, 7) is 7.07. The highest BCUT2D eigenvalue weighted by Gasteiger charge is 2.41. The zero-order valence-electron chi connectivity index (χ0n) is 31.2. The molecule has 0 radical (unpaired) electrons. The number of hydrogen-bond donors (Lipinski definition) is 0. The number of fused-ring (bicyclic) bond motifs is 9. The second-order valence-corrected chi connectivity index (χ2v) is 15.9. The van der Waals surface area contributed by atoms with Crippen molar-refractivity contribution in [1.82, 2.24) is 0 Å². The van der Waals surface area contributed by atoms with Crippen LogP contribution in [0, 0.1) is 0 Å². The van der Waals surface area contributed by atoms with Crippen molar-refractivity contribution in [3.05, 3.63) is 210 Å². The fourth-order valence-corrected chi connectivity index (χ4v) is 9.71. The molecule has 0 aliphatic heterocycles. The smallest absolute Gasteiger partial charge is 0.137 e. The van der Waals surface area contributed by atoms with Crippen molar-refractivity contribution in [2.45, 2.75) is 31.6 Å². The van der Waals surface area contributed by atoms with Crippen LogP contribution in [0.5, 0.6) is 0 Å². The number of anilines is 3. The highest BCUT2D eigenvalue weighted by atomic mass is 16.3. The summed E-state index contributed by atoms with van der Waals surface area (Å²) < 4.78 is 6.72. The molecule has 0 N–H and O–H groups in total. The Kier molecular flexibility index (Phi) is 6.76. The Hall–Kier alpha value is -6.64. The zero-order valence-corrected chi connectivity index (χ0v) is 31.2. The van der Waals surface area contributed by atoms with E-state index in [9.17, 15) is 0 Å². The molecule has 11 rings (SSSR count). The maximum Gasteiger partial charge on any atom is 0.137 e. The molecule has 2 heteroatoms. The number of furan rings is 1. The molecule has 0 fully saturated rings. The Bertz CT molecular complexity index is 2940. The summed E-state index contributed by atoms with van der Waals surface area (Å²) >= 11 is 0. The van der Waals surface area contributed by atoms with Gasteiger partial charge in [0.05, 0.1) is 0 Å². The van der Waals surface area contributed by atoms with Crippen molar-refractivity contribution in [2.75, 3.05) is 4.90 Å². The molecular formula is C53H39NO. The number of nitrogens with zero attached hydrogens (tertiary/aromatic N) is 1. The van der Waals surface area contributed by atoms with E-state index in [0.29, 0.717) is 0 Å². The summed E-state index contributed by atoms with van der Waals surface area (Å²) in [5.41, 5.74) is 19.0. The van der Waals surface area contributed by atoms with E-state index in [2.05, 4.69) is 208 Å². The Labute approximate surface area is 322 Å². The third kappa shape index (κ3) is 4.61. The molecule has 1 heterocycles. The van der Waals surface area contributed by atoms with Crippen molar-refractivity contribution in [1.29, 1.82) is 0 Å². The first-order valence-corrected chi connectivity index (χ1v) is 19.3. The molecule has 0 atom stereocenters. The van der Waals surface area contributed by atoms with E-state index in [4.69, 9.17) is 4.42 Å². The molecule has 0 unspecified atom stereocenters. The van der Waals surface area contributed by atoms with Gasteiger partial charge in [0.15, 0.2) is 0 Å². The van der Waals surface area contributed by atoms with Crippen molar-refractivity contribution >= 4 is 39.0 Å². The van der Waals surface area contributed by atoms with E-state index >= 15 is 0 Å². The van der Waals surface area contributed by atoms with Crippen LogP contribution in [0.25, 0.3) is 55.3 Å². The molecule has 9 aromatic rings. The van der Waals surface area contributed by atoms with Crippen LogP contribution in [-0.2, 0) is 10.8 Å². The number of rotatable bonds is 5. The molecule has 8 aromatic carbocycles. The Balaban J connectivity index is 1.07. The molecule has 0 bridgehead atoms. The van der Waals surface area contributed by atoms with E-state index in [1.165, 1.54) is 61.2 Å². The maximum atomic E-state index is 6.72. The number of benzene rings is 8. The van der Waals surface area contributed by atoms with Gasteiger partial charge in [-0.1, -0.05) is 141 Å². The SMILES string of the molecule is CC1(C)c2ccccc2-c2ccc(N(c3cccc(-c4ccccc4)c3)c3ccc4c(c3)oc3ccc(C5(C)c6ccccc6-c6ccccc65)cc34)cc21. The van der Waals surface area contributed by atoms with Crippen LogP contribution < -0.4 is 4.90 Å². The lowest BCUT2D eigenvalue weighted by Gasteiger charge is -2.28. The lowest BCUT2D eigenvalue weighted by Crippen LogP contribution is -2.22. The highest BCUT2D eigenvalue weighted by molar-refractivity contribution is 6.07. The Morgan fingerprint density at radius 3 is 1.71 bits per heavy atom. The van der Waals surface area contributed by atoms with Gasteiger partial charge in [0.1, 0.15) is 11.2 Å². The predicted octanol–water partition coefficient (Wildman–Crippen LogP) is 14.4. The largest absolute Gasteiger partial charge is 0.456 e. The van der Waals surface area contributed by atoms with Crippen molar-refractivity contribution < 1.29 is 4.42 Å². The maximum absolute atomic E-state index is 6.72. The molecular weight excluding hydrogens is 667 g/mol. The van der Waals surface area contributed by atoms with Gasteiger partial charge in [0.25, 0.3) is 0 Å². The fourth-order valence-electron chi connectivity index (χ4n) is 9.71. The molecule has 0 spiro atoms. The molecule has 2 aliphatic carbocycles. The van der Waals surface area contributed by atoms with Gasteiger partial charge in [-0.2, -0.15) is 0 Å². The third-order valence-electron chi connectivity index (χ3n) is 12.5. The monoisotopic (exact) mass is 705 g/mol. The molecule has 0 saturated heterocycles. The average molecular weight is 706 g/mol. The minimum atomic E-state index is -0.271. The lowest BCUT2D eigenvalue weighted by molar-refractivity contribution is 0.660. The summed E-state index contributed by atoms with van der Waals surface area (Å²) in [4.78, 5) is 2.39. The number of hydrogen-bond acceptors (Lipinski definition) is 2. The van der Waals surface area contributed by atoms with Gasteiger partial charge in [-0.3, -0.25) is 0 Å². The minimum absolute atomic E-state index is 0.114. The zero-order chi connectivity index (χ0) is 36.9. The van der Waals surface area contributed by atoms with E-state index in [1.807, 2.05) is 0 Å². The van der Waals surface area contributed by atoms with Crippen molar-refractivity contribution in [3.8, 4) is 33.4 Å². The molecule has 0 amide bonds. The average Bonchev–Trinajstić information content (AvgIpc) is 3.81. The normalized spacial score (nSPS) is 14.4. The van der Waals surface area contributed by atoms with Crippen LogP contribution in [0.15, 0.2) is 186 Å². The minimum Gasteiger partial charge on any atom is -0.456 e. The third-order valence-corrected chi connectivity index (χ3v) is 12.5. The van der Waals surface area contributed by atoms with E-state index < -0.39 is 0 Å². The highest BCUT2D eigenvalue weighted by Crippen LogP contribution is 2.54. The van der Waals surface area contributed by atoms with Crippen LogP contribution in [0.2, 0.25) is 0 Å². The van der Waals surface area contributed by atoms with Gasteiger partial charge < -0.3 is 9.32 Å². The molecule has 2 nitrogen and oxygen atoms in total. The van der Waals surface area contributed by atoms with Crippen molar-refractivity contribution in [3.63, 3.8) is 0 Å². The van der Waals surface area contributed by atoms with Gasteiger partial charge in [-0.05, 0) is 117 Å². The van der Waals surface area contributed by atoms with Gasteiger partial charge in [0.2, 0.25) is 0 Å². The first-order chi connectivity index (χ1) is 26.9. The van der Waals surface area contributed by atoms with Gasteiger partial charge >= 0.3 is 0 Å². The van der Waals surface area contributed by atoms with Crippen LogP contribution in [-0.4, -0.2) is 0 Å². The molecule has 2 aliphatic rings. The molecule has 55 heavy (non-hydrogen) atoms. The van der Waals surface area contributed by atoms with Gasteiger partial charge in [-0.15, -0.1) is 0 Å².